The number of hydrogen-bond donors (Lipinski definition) is 2. The maximum absolute atomic E-state index is 12.5. The molecule has 0 spiro atoms. The van der Waals surface area contributed by atoms with Gasteiger partial charge in [0.25, 0.3) is 0 Å². The second-order valence-electron chi connectivity index (χ2n) is 3.89. The summed E-state index contributed by atoms with van der Waals surface area (Å²) in [7, 11) is 0. The lowest BCUT2D eigenvalue weighted by molar-refractivity contribution is -0.207. The van der Waals surface area contributed by atoms with Crippen LogP contribution in [0.25, 0.3) is 0 Å². The van der Waals surface area contributed by atoms with Crippen molar-refractivity contribution in [3.63, 3.8) is 0 Å². The second-order valence-corrected chi connectivity index (χ2v) is 3.89. The number of hydrogen-bond acceptors (Lipinski definition) is 3. The van der Waals surface area contributed by atoms with Gasteiger partial charge in [-0.2, -0.15) is 26.3 Å². The molecule has 0 saturated heterocycles. The maximum atomic E-state index is 12.5. The third-order valence-electron chi connectivity index (χ3n) is 2.12. The first-order valence-corrected chi connectivity index (χ1v) is 5.05. The first-order valence-electron chi connectivity index (χ1n) is 5.05. The van der Waals surface area contributed by atoms with Gasteiger partial charge in [-0.1, -0.05) is 0 Å². The average Bonchev–Trinajstić information content (AvgIpc) is 2.21. The van der Waals surface area contributed by atoms with E-state index in [0.717, 1.165) is 0 Å². The maximum Gasteiger partial charge on any atom is 0.422 e. The zero-order valence-electron chi connectivity index (χ0n) is 10.1. The van der Waals surface area contributed by atoms with E-state index in [2.05, 4.69) is 4.74 Å². The molecule has 0 aromatic heterocycles. The number of aliphatic carboxylic acids is 1. The molecule has 0 saturated carbocycles. The van der Waals surface area contributed by atoms with Gasteiger partial charge in [-0.25, -0.2) is 4.79 Å². The minimum absolute atomic E-state index is 0.226. The van der Waals surface area contributed by atoms with Gasteiger partial charge in [-0.05, 0) is 6.92 Å². The number of carboxylic acid groups (broad SMARTS) is 1. The average molecular weight is 311 g/mol. The van der Waals surface area contributed by atoms with E-state index >= 15 is 0 Å². The zero-order valence-corrected chi connectivity index (χ0v) is 10.1. The topological polar surface area (TPSA) is 75.6 Å². The van der Waals surface area contributed by atoms with Crippen molar-refractivity contribution in [1.82, 2.24) is 5.32 Å². The van der Waals surface area contributed by atoms with Gasteiger partial charge in [0.15, 0.2) is 0 Å². The molecule has 118 valence electrons. The fraction of sp³-hybridized carbons (Fsp3) is 0.778. The van der Waals surface area contributed by atoms with Crippen molar-refractivity contribution in [1.29, 1.82) is 0 Å². The van der Waals surface area contributed by atoms with Gasteiger partial charge in [0.05, 0.1) is 6.61 Å². The van der Waals surface area contributed by atoms with Crippen molar-refractivity contribution in [3.05, 3.63) is 0 Å². The molecule has 1 unspecified atom stereocenters. The molecule has 0 rings (SSSR count). The molecule has 0 aliphatic carbocycles. The Hall–Kier alpha value is -1.52. The largest absolute Gasteiger partial charge is 0.479 e. The molecule has 1 atom stereocenters. The SMILES string of the molecule is CC(NC(=O)CCOCC(F)(F)F)(C(=O)O)C(F)(F)F. The highest BCUT2D eigenvalue weighted by atomic mass is 19.4. The summed E-state index contributed by atoms with van der Waals surface area (Å²) in [6, 6.07) is 0. The number of carbonyl (C=O) groups excluding carboxylic acids is 1. The summed E-state index contributed by atoms with van der Waals surface area (Å²) in [5.74, 6) is -3.73. The molecule has 11 heteroatoms. The summed E-state index contributed by atoms with van der Waals surface area (Å²) in [6.07, 6.45) is -10.7. The molecule has 0 bridgehead atoms. The highest BCUT2D eigenvalue weighted by Gasteiger charge is 2.58. The molecular formula is C9H11F6NO4. The monoisotopic (exact) mass is 311 g/mol. The predicted molar refractivity (Wildman–Crippen MR) is 51.7 cm³/mol. The predicted octanol–water partition coefficient (Wildman–Crippen LogP) is 1.48. The van der Waals surface area contributed by atoms with Crippen LogP contribution in [-0.4, -0.2) is 48.1 Å². The van der Waals surface area contributed by atoms with Gasteiger partial charge >= 0.3 is 18.3 Å². The Morgan fingerprint density at radius 2 is 1.65 bits per heavy atom. The molecule has 0 aliphatic heterocycles. The number of nitrogens with one attached hydrogen (secondary N) is 1. The van der Waals surface area contributed by atoms with Crippen LogP contribution < -0.4 is 5.32 Å². The van der Waals surface area contributed by atoms with E-state index in [-0.39, 0.29) is 6.92 Å². The molecule has 0 aliphatic rings. The molecule has 0 fully saturated rings. The smallest absolute Gasteiger partial charge is 0.422 e. The summed E-state index contributed by atoms with van der Waals surface area (Å²) in [5, 5.41) is 9.69. The van der Waals surface area contributed by atoms with Gasteiger partial charge in [-0.3, -0.25) is 4.79 Å². The third-order valence-corrected chi connectivity index (χ3v) is 2.12. The van der Waals surface area contributed by atoms with Crippen LogP contribution in [0.2, 0.25) is 0 Å². The molecule has 0 aromatic rings. The summed E-state index contributed by atoms with van der Waals surface area (Å²) in [6.45, 7) is -2.22. The quantitative estimate of drug-likeness (QED) is 0.575. The number of halogens is 6. The number of amides is 1. The van der Waals surface area contributed by atoms with Crippen molar-refractivity contribution in [3.8, 4) is 0 Å². The number of ether oxygens (including phenoxy) is 1. The first-order chi connectivity index (χ1) is 8.79. The van der Waals surface area contributed by atoms with Crippen molar-refractivity contribution in [2.75, 3.05) is 13.2 Å². The van der Waals surface area contributed by atoms with Gasteiger partial charge in [-0.15, -0.1) is 0 Å². The molecule has 0 heterocycles. The van der Waals surface area contributed by atoms with Crippen LogP contribution in [0.3, 0.4) is 0 Å². The van der Waals surface area contributed by atoms with Gasteiger partial charge in [0, 0.05) is 6.42 Å². The normalized spacial score (nSPS) is 15.6. The third kappa shape index (κ3) is 5.63. The minimum Gasteiger partial charge on any atom is -0.479 e. The highest BCUT2D eigenvalue weighted by molar-refractivity contribution is 5.87. The number of carboxylic acids is 1. The van der Waals surface area contributed by atoms with E-state index < -0.39 is 49.4 Å². The molecule has 20 heavy (non-hydrogen) atoms. The van der Waals surface area contributed by atoms with Crippen LogP contribution in [0.5, 0.6) is 0 Å². The molecule has 0 radical (unpaired) electrons. The van der Waals surface area contributed by atoms with E-state index in [1.54, 1.807) is 0 Å². The summed E-state index contributed by atoms with van der Waals surface area (Å²) < 4.78 is 76.5. The van der Waals surface area contributed by atoms with E-state index in [1.165, 1.54) is 5.32 Å². The fourth-order valence-electron chi connectivity index (χ4n) is 0.940. The van der Waals surface area contributed by atoms with Crippen LogP contribution >= 0.6 is 0 Å². The van der Waals surface area contributed by atoms with E-state index in [1.807, 2.05) is 0 Å². The van der Waals surface area contributed by atoms with Gasteiger partial charge in [0.2, 0.25) is 11.4 Å². The summed E-state index contributed by atoms with van der Waals surface area (Å²) in [4.78, 5) is 21.6. The Morgan fingerprint density at radius 3 is 2.00 bits per heavy atom. The van der Waals surface area contributed by atoms with E-state index in [0.29, 0.717) is 0 Å². The van der Waals surface area contributed by atoms with Crippen molar-refractivity contribution < 1.29 is 45.8 Å². The van der Waals surface area contributed by atoms with Crippen LogP contribution in [0.4, 0.5) is 26.3 Å². The zero-order chi connectivity index (χ0) is 16.2. The minimum atomic E-state index is -5.26. The molecular weight excluding hydrogens is 300 g/mol. The summed E-state index contributed by atoms with van der Waals surface area (Å²) >= 11 is 0. The van der Waals surface area contributed by atoms with Crippen molar-refractivity contribution in [2.24, 2.45) is 0 Å². The number of alkyl halides is 6. The fourth-order valence-corrected chi connectivity index (χ4v) is 0.940. The Morgan fingerprint density at radius 1 is 1.15 bits per heavy atom. The van der Waals surface area contributed by atoms with Crippen LogP contribution in [-0.2, 0) is 14.3 Å². The van der Waals surface area contributed by atoms with Crippen LogP contribution in [0.1, 0.15) is 13.3 Å². The lowest BCUT2D eigenvalue weighted by Gasteiger charge is -2.28. The Labute approximate surface area is 108 Å². The lowest BCUT2D eigenvalue weighted by Crippen LogP contribution is -2.62. The Balaban J connectivity index is 4.41. The van der Waals surface area contributed by atoms with Crippen LogP contribution in [0, 0.1) is 0 Å². The molecule has 5 nitrogen and oxygen atoms in total. The molecule has 0 aromatic carbocycles. The van der Waals surface area contributed by atoms with Gasteiger partial charge < -0.3 is 15.2 Å². The number of carbonyl (C=O) groups is 2. The first kappa shape index (κ1) is 18.5. The highest BCUT2D eigenvalue weighted by Crippen LogP contribution is 2.30. The standard InChI is InChI=1S/C9H11F6NO4/c1-7(6(18)19,9(13,14)15)16-5(17)2-3-20-4-8(10,11)12/h2-4H2,1H3,(H,16,17)(H,18,19). The Bertz CT molecular complexity index is 366. The van der Waals surface area contributed by atoms with Crippen molar-refractivity contribution >= 4 is 11.9 Å². The second kappa shape index (κ2) is 6.29. The molecule has 1 amide bonds. The van der Waals surface area contributed by atoms with Crippen molar-refractivity contribution in [2.45, 2.75) is 31.2 Å². The molecule has 2 N–H and O–H groups in total. The lowest BCUT2D eigenvalue weighted by atomic mass is 10.0. The van der Waals surface area contributed by atoms with Crippen LogP contribution in [0.15, 0.2) is 0 Å². The Kier molecular flexibility index (Phi) is 5.81. The van der Waals surface area contributed by atoms with E-state index in [9.17, 15) is 35.9 Å². The number of rotatable bonds is 6. The van der Waals surface area contributed by atoms with Gasteiger partial charge in [0.1, 0.15) is 6.61 Å². The summed E-state index contributed by atoms with van der Waals surface area (Å²) in [5.41, 5.74) is -3.52. The van der Waals surface area contributed by atoms with E-state index in [4.69, 9.17) is 5.11 Å².